The van der Waals surface area contributed by atoms with E-state index in [1.165, 1.54) is 36.5 Å². The molecule has 12 nitrogen and oxygen atoms in total. The minimum absolute atomic E-state index is 0.0217. The second-order valence-corrected chi connectivity index (χ2v) is 16.0. The Morgan fingerprint density at radius 3 is 2.33 bits per heavy atom. The summed E-state index contributed by atoms with van der Waals surface area (Å²) in [4.78, 5) is 28.8. The average molecular weight is 655 g/mol. The molecule has 3 aromatic rings. The first-order valence-electron chi connectivity index (χ1n) is 13.5. The minimum atomic E-state index is -4.13. The molecule has 1 unspecified atom stereocenters. The lowest BCUT2D eigenvalue weighted by atomic mass is 10.00. The summed E-state index contributed by atoms with van der Waals surface area (Å²) < 4.78 is 57.6. The number of rotatable bonds is 14. The molecule has 3 rings (SSSR count). The summed E-state index contributed by atoms with van der Waals surface area (Å²) in [5.74, 6) is -1.89. The molecule has 0 saturated heterocycles. The van der Waals surface area contributed by atoms with Crippen molar-refractivity contribution in [3.05, 3.63) is 54.1 Å². The molecule has 0 aliphatic rings. The molecule has 0 bridgehead atoms. The number of nitrogens with one attached hydrogen (secondary N) is 2. The van der Waals surface area contributed by atoms with Crippen LogP contribution in [0.2, 0.25) is 0 Å². The van der Waals surface area contributed by atoms with Crippen LogP contribution < -0.4 is 10.6 Å². The molecular formula is C28H38N4O8S3. The number of ether oxygens (including phenoxy) is 1. The highest BCUT2D eigenvalue weighted by Gasteiger charge is 2.32. The van der Waals surface area contributed by atoms with E-state index in [0.29, 0.717) is 10.2 Å². The van der Waals surface area contributed by atoms with Crippen molar-refractivity contribution in [2.45, 2.75) is 44.2 Å². The molecule has 0 saturated carbocycles. The number of methoxy groups -OCH3 is 1. The molecule has 2 aromatic carbocycles. The first kappa shape index (κ1) is 34.4. The molecule has 15 heteroatoms. The van der Waals surface area contributed by atoms with Gasteiger partial charge in [0.05, 0.1) is 40.1 Å². The molecule has 2 amide bonds. The number of benzene rings is 2. The van der Waals surface area contributed by atoms with Gasteiger partial charge in [-0.3, -0.25) is 10.1 Å². The topological polar surface area (TPSA) is 172 Å². The Morgan fingerprint density at radius 2 is 1.72 bits per heavy atom. The van der Waals surface area contributed by atoms with Gasteiger partial charge in [-0.05, 0) is 36.1 Å². The Morgan fingerprint density at radius 1 is 1.05 bits per heavy atom. The summed E-state index contributed by atoms with van der Waals surface area (Å²) in [6, 6.07) is 12.6. The number of carbonyl (C=O) groups is 2. The fourth-order valence-corrected chi connectivity index (χ4v) is 8.10. The fourth-order valence-electron chi connectivity index (χ4n) is 4.43. The van der Waals surface area contributed by atoms with Crippen molar-refractivity contribution in [2.75, 3.05) is 37.5 Å². The number of thiazole rings is 1. The number of carbonyl (C=O) groups excluding carboxylic acids is 2. The highest BCUT2D eigenvalue weighted by molar-refractivity contribution is 7.90. The summed E-state index contributed by atoms with van der Waals surface area (Å²) in [6.07, 6.45) is -0.794. The Kier molecular flexibility index (Phi) is 11.7. The van der Waals surface area contributed by atoms with Gasteiger partial charge in [-0.1, -0.05) is 62.4 Å². The van der Waals surface area contributed by atoms with Gasteiger partial charge >= 0.3 is 6.09 Å². The number of amides is 2. The third kappa shape index (κ3) is 9.96. The minimum Gasteiger partial charge on any atom is -0.453 e. The molecule has 3 N–H and O–H groups in total. The molecular weight excluding hydrogens is 617 g/mol. The molecule has 0 spiro atoms. The largest absolute Gasteiger partial charge is 0.453 e. The molecule has 0 fully saturated rings. The van der Waals surface area contributed by atoms with E-state index in [0.717, 1.165) is 23.2 Å². The van der Waals surface area contributed by atoms with Crippen molar-refractivity contribution in [3.63, 3.8) is 0 Å². The normalized spacial score (nSPS) is 14.4. The van der Waals surface area contributed by atoms with Gasteiger partial charge in [0.2, 0.25) is 15.9 Å². The van der Waals surface area contributed by atoms with Crippen LogP contribution in [0.15, 0.2) is 53.4 Å². The quantitative estimate of drug-likeness (QED) is 0.236. The van der Waals surface area contributed by atoms with Gasteiger partial charge in [-0.2, -0.15) is 4.31 Å². The maximum Gasteiger partial charge on any atom is 0.413 e. The molecule has 0 aliphatic heterocycles. The molecule has 236 valence electrons. The van der Waals surface area contributed by atoms with E-state index in [2.05, 4.69) is 20.4 Å². The van der Waals surface area contributed by atoms with Gasteiger partial charge in [0, 0.05) is 25.3 Å². The number of fused-ring (bicyclic) bond motifs is 1. The van der Waals surface area contributed by atoms with Crippen LogP contribution in [-0.2, 0) is 35.8 Å². The van der Waals surface area contributed by atoms with Crippen molar-refractivity contribution >= 4 is 58.5 Å². The number of hydrogen-bond donors (Lipinski definition) is 3. The van der Waals surface area contributed by atoms with E-state index in [9.17, 15) is 31.5 Å². The molecule has 0 aliphatic carbocycles. The summed E-state index contributed by atoms with van der Waals surface area (Å²) >= 11 is 1.08. The van der Waals surface area contributed by atoms with Crippen LogP contribution in [0.4, 0.5) is 9.93 Å². The predicted octanol–water partition coefficient (Wildman–Crippen LogP) is 2.89. The van der Waals surface area contributed by atoms with Crippen LogP contribution in [-0.4, -0.2) is 87.6 Å². The van der Waals surface area contributed by atoms with Crippen molar-refractivity contribution in [3.8, 4) is 0 Å². The highest BCUT2D eigenvalue weighted by atomic mass is 32.2. The van der Waals surface area contributed by atoms with E-state index in [-0.39, 0.29) is 41.2 Å². The number of aromatic nitrogens is 1. The Hall–Kier alpha value is -3.11. The predicted molar refractivity (Wildman–Crippen MR) is 166 cm³/mol. The van der Waals surface area contributed by atoms with E-state index >= 15 is 0 Å². The number of aliphatic hydroxyl groups excluding tert-OH is 1. The lowest BCUT2D eigenvalue weighted by Gasteiger charge is -2.31. The van der Waals surface area contributed by atoms with Crippen LogP contribution in [0.3, 0.4) is 0 Å². The van der Waals surface area contributed by atoms with Crippen molar-refractivity contribution < 1.29 is 36.3 Å². The zero-order valence-electron chi connectivity index (χ0n) is 24.7. The zero-order valence-corrected chi connectivity index (χ0v) is 27.1. The van der Waals surface area contributed by atoms with E-state index in [1.807, 2.05) is 44.2 Å². The summed E-state index contributed by atoms with van der Waals surface area (Å²) in [6.45, 7) is 4.95. The number of aliphatic hydroxyl groups is 1. The lowest BCUT2D eigenvalue weighted by molar-refractivity contribution is -0.125. The van der Waals surface area contributed by atoms with Gasteiger partial charge in [0.15, 0.2) is 5.13 Å². The van der Waals surface area contributed by atoms with E-state index in [4.69, 9.17) is 0 Å². The number of nitrogens with zero attached hydrogens (tertiary/aromatic N) is 2. The SMILES string of the molecule is COC(=O)Nc1nc2ccc(S(=O)(=O)N(CC(C)C)CC(O)[C@H](Cc3ccccc3)NC(=O)[C@H](C)CS(C)(=O)=O)cc2s1. The van der Waals surface area contributed by atoms with Gasteiger partial charge in [-0.25, -0.2) is 26.6 Å². The van der Waals surface area contributed by atoms with Gasteiger partial charge in [0.1, 0.15) is 9.84 Å². The van der Waals surface area contributed by atoms with E-state index < -0.39 is 49.9 Å². The van der Waals surface area contributed by atoms with Crippen LogP contribution >= 0.6 is 11.3 Å². The van der Waals surface area contributed by atoms with Gasteiger partial charge in [0.25, 0.3) is 0 Å². The Bertz CT molecular complexity index is 1630. The zero-order chi connectivity index (χ0) is 31.9. The van der Waals surface area contributed by atoms with Gasteiger partial charge < -0.3 is 15.2 Å². The smallest absolute Gasteiger partial charge is 0.413 e. The molecule has 0 radical (unpaired) electrons. The number of sulfonamides is 1. The molecule has 1 aromatic heterocycles. The second kappa shape index (κ2) is 14.6. The number of hydrogen-bond acceptors (Lipinski definition) is 10. The summed E-state index contributed by atoms with van der Waals surface area (Å²) in [5.41, 5.74) is 1.28. The van der Waals surface area contributed by atoms with Crippen molar-refractivity contribution in [2.24, 2.45) is 11.8 Å². The highest BCUT2D eigenvalue weighted by Crippen LogP contribution is 2.30. The Balaban J connectivity index is 1.90. The summed E-state index contributed by atoms with van der Waals surface area (Å²) in [5, 5.41) is 16.9. The first-order valence-corrected chi connectivity index (χ1v) is 17.9. The lowest BCUT2D eigenvalue weighted by Crippen LogP contribution is -2.52. The third-order valence-corrected chi connectivity index (χ3v) is 10.3. The number of anilines is 1. The van der Waals surface area contributed by atoms with Crippen molar-refractivity contribution in [1.82, 2.24) is 14.6 Å². The monoisotopic (exact) mass is 654 g/mol. The first-order chi connectivity index (χ1) is 20.1. The summed E-state index contributed by atoms with van der Waals surface area (Å²) in [7, 11) is -6.34. The maximum absolute atomic E-state index is 13.9. The van der Waals surface area contributed by atoms with E-state index in [1.54, 1.807) is 0 Å². The number of sulfone groups is 1. The van der Waals surface area contributed by atoms with Crippen LogP contribution in [0, 0.1) is 11.8 Å². The fraction of sp³-hybridized carbons (Fsp3) is 0.464. The molecule has 3 atom stereocenters. The standard InChI is InChI=1S/C28H38N4O8S3/c1-18(2)15-32(43(38,39)21-11-12-22-25(14-21)41-27(30-22)31-28(35)40-4)16-24(33)23(13-20-9-7-6-8-10-20)29-26(34)19(3)17-42(5,36)37/h6-12,14,18-19,23-24,33H,13,15-17H2,1-5H3,(H,29,34)(H,30,31,35)/t19-,23+,24?/m1/s1. The maximum atomic E-state index is 13.9. The van der Waals surface area contributed by atoms with Crippen LogP contribution in [0.1, 0.15) is 26.3 Å². The van der Waals surface area contributed by atoms with Crippen molar-refractivity contribution in [1.29, 1.82) is 0 Å². The van der Waals surface area contributed by atoms with Crippen LogP contribution in [0.25, 0.3) is 10.2 Å². The average Bonchev–Trinajstić information content (AvgIpc) is 3.33. The van der Waals surface area contributed by atoms with Crippen LogP contribution in [0.5, 0.6) is 0 Å². The molecule has 43 heavy (non-hydrogen) atoms. The molecule has 1 heterocycles. The second-order valence-electron chi connectivity index (χ2n) is 10.8. The van der Waals surface area contributed by atoms with Gasteiger partial charge in [-0.15, -0.1) is 0 Å². The third-order valence-electron chi connectivity index (χ3n) is 6.44. The Labute approximate surface area is 256 Å².